The summed E-state index contributed by atoms with van der Waals surface area (Å²) < 4.78 is 0. The molecule has 1 rings (SSSR count). The van der Waals surface area contributed by atoms with E-state index >= 15 is 0 Å². The summed E-state index contributed by atoms with van der Waals surface area (Å²) in [6, 6.07) is 0.485. The van der Waals surface area contributed by atoms with Gasteiger partial charge in [0.2, 0.25) is 5.91 Å². The zero-order valence-electron chi connectivity index (χ0n) is 12.3. The predicted octanol–water partition coefficient (Wildman–Crippen LogP) is 2.93. The fourth-order valence-corrected chi connectivity index (χ4v) is 3.03. The molecule has 0 aromatic heterocycles. The molecule has 114 valence electrons. The first-order valence-corrected chi connectivity index (χ1v) is 8.68. The minimum Gasteiger partial charge on any atom is -0.340 e. The van der Waals surface area contributed by atoms with Crippen LogP contribution in [-0.2, 0) is 4.79 Å². The SMILES string of the molecule is CCCN(C(=O)CCCCSC)C1CCNCC1.Cl. The molecule has 1 N–H and O–H groups in total. The summed E-state index contributed by atoms with van der Waals surface area (Å²) in [7, 11) is 0. The number of rotatable bonds is 8. The lowest BCUT2D eigenvalue weighted by Crippen LogP contribution is -2.46. The molecule has 0 aliphatic carbocycles. The summed E-state index contributed by atoms with van der Waals surface area (Å²) in [5.41, 5.74) is 0. The van der Waals surface area contributed by atoms with E-state index in [-0.39, 0.29) is 12.4 Å². The maximum atomic E-state index is 12.3. The number of carbonyl (C=O) groups is 1. The zero-order chi connectivity index (χ0) is 13.2. The molecule has 0 spiro atoms. The van der Waals surface area contributed by atoms with Crippen LogP contribution in [0, 0.1) is 0 Å². The highest BCUT2D eigenvalue weighted by molar-refractivity contribution is 7.98. The Morgan fingerprint density at radius 1 is 1.32 bits per heavy atom. The van der Waals surface area contributed by atoms with Crippen LogP contribution in [0.25, 0.3) is 0 Å². The van der Waals surface area contributed by atoms with E-state index in [1.165, 1.54) is 12.2 Å². The van der Waals surface area contributed by atoms with Crippen LogP contribution in [0.3, 0.4) is 0 Å². The van der Waals surface area contributed by atoms with Crippen LogP contribution in [0.5, 0.6) is 0 Å². The highest BCUT2D eigenvalue weighted by Crippen LogP contribution is 2.15. The Morgan fingerprint density at radius 2 is 2.00 bits per heavy atom. The predicted molar refractivity (Wildman–Crippen MR) is 87.4 cm³/mol. The van der Waals surface area contributed by atoms with Gasteiger partial charge in [0.05, 0.1) is 0 Å². The van der Waals surface area contributed by atoms with Gasteiger partial charge in [0, 0.05) is 19.0 Å². The first-order valence-electron chi connectivity index (χ1n) is 7.28. The van der Waals surface area contributed by atoms with Gasteiger partial charge in [-0.15, -0.1) is 12.4 Å². The Kier molecular flexibility index (Phi) is 11.9. The number of nitrogens with one attached hydrogen (secondary N) is 1. The van der Waals surface area contributed by atoms with Gasteiger partial charge in [0.15, 0.2) is 0 Å². The van der Waals surface area contributed by atoms with Gasteiger partial charge in [0.1, 0.15) is 0 Å². The molecule has 0 aromatic rings. The minimum absolute atomic E-state index is 0. The van der Waals surface area contributed by atoms with E-state index in [0.717, 1.165) is 51.7 Å². The number of unbranched alkanes of at least 4 members (excludes halogenated alkanes) is 1. The van der Waals surface area contributed by atoms with Gasteiger partial charge in [-0.25, -0.2) is 0 Å². The first-order chi connectivity index (χ1) is 8.79. The highest BCUT2D eigenvalue weighted by Gasteiger charge is 2.23. The quantitative estimate of drug-likeness (QED) is 0.700. The van der Waals surface area contributed by atoms with Crippen LogP contribution in [0.15, 0.2) is 0 Å². The van der Waals surface area contributed by atoms with Crippen molar-refractivity contribution in [3.8, 4) is 0 Å². The van der Waals surface area contributed by atoms with Crippen LogP contribution in [-0.4, -0.2) is 48.5 Å². The van der Waals surface area contributed by atoms with Crippen molar-refractivity contribution in [1.29, 1.82) is 0 Å². The number of piperidine rings is 1. The van der Waals surface area contributed by atoms with Crippen molar-refractivity contribution in [2.24, 2.45) is 0 Å². The first kappa shape index (κ1) is 19.1. The maximum Gasteiger partial charge on any atom is 0.222 e. The second-order valence-electron chi connectivity index (χ2n) is 5.02. The number of thioether (sulfide) groups is 1. The van der Waals surface area contributed by atoms with E-state index < -0.39 is 0 Å². The Morgan fingerprint density at radius 3 is 2.58 bits per heavy atom. The van der Waals surface area contributed by atoms with Crippen molar-refractivity contribution in [1.82, 2.24) is 10.2 Å². The van der Waals surface area contributed by atoms with E-state index in [9.17, 15) is 4.79 Å². The number of nitrogens with zero attached hydrogens (tertiary/aromatic N) is 1. The Hall–Kier alpha value is 0.0700. The Balaban J connectivity index is 0.00000324. The van der Waals surface area contributed by atoms with Crippen molar-refractivity contribution in [3.05, 3.63) is 0 Å². The largest absolute Gasteiger partial charge is 0.340 e. The van der Waals surface area contributed by atoms with E-state index in [1.54, 1.807) is 0 Å². The standard InChI is InChI=1S/C14H28N2OS.ClH/c1-3-11-16(13-7-9-15-10-8-13)14(17)6-4-5-12-18-2;/h13,15H,3-12H2,1-2H3;1H. The molecule has 0 radical (unpaired) electrons. The molecule has 0 unspecified atom stereocenters. The summed E-state index contributed by atoms with van der Waals surface area (Å²) >= 11 is 1.87. The fraction of sp³-hybridized carbons (Fsp3) is 0.929. The normalized spacial score (nSPS) is 15.9. The average Bonchev–Trinajstić information content (AvgIpc) is 2.41. The molecule has 5 heteroatoms. The lowest BCUT2D eigenvalue weighted by atomic mass is 10.0. The zero-order valence-corrected chi connectivity index (χ0v) is 14.0. The average molecular weight is 309 g/mol. The van der Waals surface area contributed by atoms with Crippen molar-refractivity contribution < 1.29 is 4.79 Å². The third-order valence-electron chi connectivity index (χ3n) is 3.52. The van der Waals surface area contributed by atoms with Crippen LogP contribution >= 0.6 is 24.2 Å². The van der Waals surface area contributed by atoms with Crippen LogP contribution in [0.1, 0.15) is 45.4 Å². The molecule has 0 atom stereocenters. The molecule has 1 heterocycles. The van der Waals surface area contributed by atoms with Gasteiger partial charge in [-0.05, 0) is 57.2 Å². The highest BCUT2D eigenvalue weighted by atomic mass is 35.5. The maximum absolute atomic E-state index is 12.3. The molecule has 1 amide bonds. The second-order valence-corrected chi connectivity index (χ2v) is 6.00. The van der Waals surface area contributed by atoms with Gasteiger partial charge >= 0.3 is 0 Å². The Bertz CT molecular complexity index is 235. The van der Waals surface area contributed by atoms with Gasteiger partial charge in [-0.1, -0.05) is 6.92 Å². The fourth-order valence-electron chi connectivity index (χ4n) is 2.54. The molecule has 3 nitrogen and oxygen atoms in total. The number of carbonyl (C=O) groups excluding carboxylic acids is 1. The molecule has 1 aliphatic heterocycles. The van der Waals surface area contributed by atoms with Crippen molar-refractivity contribution in [3.63, 3.8) is 0 Å². The molecule has 1 saturated heterocycles. The summed E-state index contributed by atoms with van der Waals surface area (Å²) in [4.78, 5) is 14.4. The minimum atomic E-state index is 0. The molecular formula is C14H29ClN2OS. The molecule has 0 aromatic carbocycles. The Labute approximate surface area is 128 Å². The van der Waals surface area contributed by atoms with Crippen molar-refractivity contribution in [2.75, 3.05) is 31.6 Å². The molecule has 1 aliphatic rings. The molecule has 1 fully saturated rings. The van der Waals surface area contributed by atoms with E-state index in [0.29, 0.717) is 11.9 Å². The lowest BCUT2D eigenvalue weighted by Gasteiger charge is -2.34. The van der Waals surface area contributed by atoms with Gasteiger partial charge < -0.3 is 10.2 Å². The monoisotopic (exact) mass is 308 g/mol. The topological polar surface area (TPSA) is 32.3 Å². The summed E-state index contributed by atoms with van der Waals surface area (Å²) in [5.74, 6) is 1.55. The van der Waals surface area contributed by atoms with Crippen LogP contribution < -0.4 is 5.32 Å². The number of hydrogen-bond acceptors (Lipinski definition) is 3. The molecular weight excluding hydrogens is 280 g/mol. The third kappa shape index (κ3) is 7.42. The van der Waals surface area contributed by atoms with Crippen LogP contribution in [0.2, 0.25) is 0 Å². The van der Waals surface area contributed by atoms with E-state index in [1.807, 2.05) is 11.8 Å². The number of halogens is 1. The van der Waals surface area contributed by atoms with E-state index in [2.05, 4.69) is 23.4 Å². The lowest BCUT2D eigenvalue weighted by molar-refractivity contribution is -0.134. The van der Waals surface area contributed by atoms with Crippen molar-refractivity contribution in [2.45, 2.75) is 51.5 Å². The number of hydrogen-bond donors (Lipinski definition) is 1. The van der Waals surface area contributed by atoms with Crippen molar-refractivity contribution >= 4 is 30.1 Å². The van der Waals surface area contributed by atoms with Gasteiger partial charge in [-0.3, -0.25) is 4.79 Å². The summed E-state index contributed by atoms with van der Waals surface area (Å²) in [6.07, 6.45) is 8.39. The van der Waals surface area contributed by atoms with E-state index in [4.69, 9.17) is 0 Å². The molecule has 0 saturated carbocycles. The smallest absolute Gasteiger partial charge is 0.222 e. The molecule has 0 bridgehead atoms. The molecule has 19 heavy (non-hydrogen) atoms. The summed E-state index contributed by atoms with van der Waals surface area (Å²) in [5, 5.41) is 3.37. The van der Waals surface area contributed by atoms with Crippen LogP contribution in [0.4, 0.5) is 0 Å². The summed E-state index contributed by atoms with van der Waals surface area (Å²) in [6.45, 7) is 5.22. The second kappa shape index (κ2) is 11.9. The number of amides is 1. The van der Waals surface area contributed by atoms with Gasteiger partial charge in [0.25, 0.3) is 0 Å². The van der Waals surface area contributed by atoms with Gasteiger partial charge in [-0.2, -0.15) is 11.8 Å². The third-order valence-corrected chi connectivity index (χ3v) is 4.22.